The minimum absolute atomic E-state index is 0.00576. The zero-order chi connectivity index (χ0) is 11.8. The second-order valence-corrected chi connectivity index (χ2v) is 4.36. The van der Waals surface area contributed by atoms with Gasteiger partial charge in [-0.15, -0.1) is 0 Å². The number of nitrogens with two attached hydrogens (primary N) is 1. The van der Waals surface area contributed by atoms with Gasteiger partial charge in [0.25, 0.3) is 0 Å². The summed E-state index contributed by atoms with van der Waals surface area (Å²) in [5.41, 5.74) is 3.42. The molecule has 0 aromatic heterocycles. The van der Waals surface area contributed by atoms with Crippen LogP contribution in [0.5, 0.6) is 0 Å². The van der Waals surface area contributed by atoms with Gasteiger partial charge >= 0.3 is 0 Å². The summed E-state index contributed by atoms with van der Waals surface area (Å²) in [6.45, 7) is 3.97. The van der Waals surface area contributed by atoms with Crippen LogP contribution in [0.3, 0.4) is 0 Å². The lowest BCUT2D eigenvalue weighted by atomic mass is 10.2. The molecule has 0 amide bonds. The third kappa shape index (κ3) is 2.01. The predicted molar refractivity (Wildman–Crippen MR) is 55.8 cm³/mol. The van der Waals surface area contributed by atoms with E-state index in [4.69, 9.17) is 25.2 Å². The fourth-order valence-electron chi connectivity index (χ4n) is 2.07. The highest BCUT2D eigenvalue weighted by Crippen LogP contribution is 2.41. The summed E-state index contributed by atoms with van der Waals surface area (Å²) in [7, 11) is 0. The van der Waals surface area contributed by atoms with Crippen LogP contribution in [0.25, 0.3) is 0 Å². The lowest BCUT2D eigenvalue weighted by Gasteiger charge is -2.21. The average Bonchev–Trinajstić information content (AvgIpc) is 2.69. The van der Waals surface area contributed by atoms with E-state index in [2.05, 4.69) is 5.43 Å². The molecular weight excluding hydrogens is 212 g/mol. The molecule has 16 heavy (non-hydrogen) atoms. The molecule has 6 nitrogen and oxygen atoms in total. The number of rotatable bonds is 4. The summed E-state index contributed by atoms with van der Waals surface area (Å²) in [6.07, 6.45) is 0.245. The topological polar surface area (TPSA) is 86.0 Å². The number of hydrogen-bond acceptors (Lipinski definition) is 6. The number of aliphatic hydroxyl groups excluding tert-OH is 1. The highest BCUT2D eigenvalue weighted by Gasteiger charge is 2.48. The van der Waals surface area contributed by atoms with Crippen molar-refractivity contribution in [1.82, 2.24) is 5.43 Å². The molecule has 2 atom stereocenters. The predicted octanol–water partition coefficient (Wildman–Crippen LogP) is -0.406. The molecule has 0 aromatic carbocycles. The van der Waals surface area contributed by atoms with E-state index in [1.807, 2.05) is 13.8 Å². The van der Waals surface area contributed by atoms with Crippen molar-refractivity contribution in [2.24, 2.45) is 5.84 Å². The SMILES string of the molecule is CC1(C)OC2=C(NN)C[C@H](OCCO)C2O1. The van der Waals surface area contributed by atoms with Crippen LogP contribution in [-0.4, -0.2) is 36.3 Å². The molecule has 1 aliphatic heterocycles. The first-order valence-corrected chi connectivity index (χ1v) is 5.36. The van der Waals surface area contributed by atoms with Gasteiger partial charge < -0.3 is 24.7 Å². The summed E-state index contributed by atoms with van der Waals surface area (Å²) >= 11 is 0. The Morgan fingerprint density at radius 3 is 3.00 bits per heavy atom. The quantitative estimate of drug-likeness (QED) is 0.450. The van der Waals surface area contributed by atoms with Crippen LogP contribution in [0.15, 0.2) is 11.5 Å². The van der Waals surface area contributed by atoms with Gasteiger partial charge in [0.1, 0.15) is 6.10 Å². The largest absolute Gasteiger partial charge is 0.463 e. The average molecular weight is 230 g/mol. The molecule has 0 radical (unpaired) electrons. The van der Waals surface area contributed by atoms with Gasteiger partial charge in [-0.25, -0.2) is 0 Å². The Hall–Kier alpha value is -0.820. The summed E-state index contributed by atoms with van der Waals surface area (Å²) < 4.78 is 16.9. The van der Waals surface area contributed by atoms with Gasteiger partial charge in [0, 0.05) is 20.3 Å². The van der Waals surface area contributed by atoms with E-state index in [0.29, 0.717) is 6.42 Å². The van der Waals surface area contributed by atoms with Crippen LogP contribution in [0.1, 0.15) is 20.3 Å². The summed E-state index contributed by atoms with van der Waals surface area (Å²) in [5.74, 6) is 5.49. The van der Waals surface area contributed by atoms with E-state index in [1.165, 1.54) is 0 Å². The molecule has 0 spiro atoms. The molecule has 1 fully saturated rings. The molecule has 4 N–H and O–H groups in total. The molecule has 0 saturated carbocycles. The molecule has 0 aromatic rings. The van der Waals surface area contributed by atoms with E-state index in [9.17, 15) is 0 Å². The molecule has 1 heterocycles. The fourth-order valence-corrected chi connectivity index (χ4v) is 2.07. The number of ether oxygens (including phenoxy) is 3. The normalized spacial score (nSPS) is 31.5. The van der Waals surface area contributed by atoms with Crippen molar-refractivity contribution in [2.75, 3.05) is 13.2 Å². The molecular formula is C10H18N2O4. The zero-order valence-electron chi connectivity index (χ0n) is 9.53. The van der Waals surface area contributed by atoms with Crippen LogP contribution in [0.4, 0.5) is 0 Å². The minimum atomic E-state index is -0.649. The second-order valence-electron chi connectivity index (χ2n) is 4.36. The van der Waals surface area contributed by atoms with Crippen LogP contribution < -0.4 is 11.3 Å². The first-order valence-electron chi connectivity index (χ1n) is 5.36. The first kappa shape index (κ1) is 11.7. The molecule has 2 rings (SSSR count). The van der Waals surface area contributed by atoms with Crippen molar-refractivity contribution in [3.05, 3.63) is 11.5 Å². The van der Waals surface area contributed by atoms with Crippen LogP contribution in [0.2, 0.25) is 0 Å². The van der Waals surface area contributed by atoms with Gasteiger partial charge in [0.05, 0.1) is 25.0 Å². The Morgan fingerprint density at radius 2 is 2.38 bits per heavy atom. The molecule has 92 valence electrons. The Bertz CT molecular complexity index is 303. The van der Waals surface area contributed by atoms with Gasteiger partial charge in [-0.1, -0.05) is 0 Å². The van der Waals surface area contributed by atoms with Crippen molar-refractivity contribution in [3.63, 3.8) is 0 Å². The monoisotopic (exact) mass is 230 g/mol. The number of fused-ring (bicyclic) bond motifs is 1. The summed E-state index contributed by atoms with van der Waals surface area (Å²) in [4.78, 5) is 0. The maximum atomic E-state index is 8.74. The van der Waals surface area contributed by atoms with Crippen LogP contribution >= 0.6 is 0 Å². The van der Waals surface area contributed by atoms with Gasteiger partial charge in [-0.05, 0) is 0 Å². The number of nitrogens with one attached hydrogen (secondary N) is 1. The summed E-state index contributed by atoms with van der Waals surface area (Å²) in [5, 5.41) is 8.74. The maximum Gasteiger partial charge on any atom is 0.205 e. The van der Waals surface area contributed by atoms with Crippen LogP contribution in [-0.2, 0) is 14.2 Å². The Labute approximate surface area is 94.3 Å². The van der Waals surface area contributed by atoms with Crippen molar-refractivity contribution in [2.45, 2.75) is 38.3 Å². The van der Waals surface area contributed by atoms with Gasteiger partial charge in [0.15, 0.2) is 5.76 Å². The standard InChI is InChI=1S/C10H18N2O4/c1-10(2)15-8-6(12-11)5-7(9(8)16-10)14-4-3-13/h7,9,12-13H,3-5,11H2,1-2H3/t7-,9?/m0/s1. The zero-order valence-corrected chi connectivity index (χ0v) is 9.53. The Morgan fingerprint density at radius 1 is 1.62 bits per heavy atom. The molecule has 1 aliphatic carbocycles. The second kappa shape index (κ2) is 4.21. The lowest BCUT2D eigenvalue weighted by molar-refractivity contribution is -0.157. The van der Waals surface area contributed by atoms with Crippen LogP contribution in [0, 0.1) is 0 Å². The number of aliphatic hydroxyl groups is 1. The number of hydrogen-bond donors (Lipinski definition) is 3. The number of hydrazine groups is 1. The highest BCUT2D eigenvalue weighted by atomic mass is 16.8. The lowest BCUT2D eigenvalue weighted by Crippen LogP contribution is -2.31. The van der Waals surface area contributed by atoms with E-state index in [0.717, 1.165) is 11.5 Å². The van der Waals surface area contributed by atoms with Gasteiger partial charge in [-0.3, -0.25) is 5.84 Å². The molecule has 2 aliphatic rings. The molecule has 6 heteroatoms. The third-order valence-electron chi connectivity index (χ3n) is 2.66. The van der Waals surface area contributed by atoms with E-state index in [1.54, 1.807) is 0 Å². The van der Waals surface area contributed by atoms with Crippen molar-refractivity contribution >= 4 is 0 Å². The fraction of sp³-hybridized carbons (Fsp3) is 0.800. The Balaban J connectivity index is 2.10. The minimum Gasteiger partial charge on any atom is -0.463 e. The van der Waals surface area contributed by atoms with Gasteiger partial charge in [-0.2, -0.15) is 0 Å². The highest BCUT2D eigenvalue weighted by molar-refractivity contribution is 5.24. The molecule has 1 saturated heterocycles. The first-order chi connectivity index (χ1) is 7.57. The smallest absolute Gasteiger partial charge is 0.205 e. The van der Waals surface area contributed by atoms with E-state index in [-0.39, 0.29) is 25.4 Å². The van der Waals surface area contributed by atoms with Crippen molar-refractivity contribution in [1.29, 1.82) is 0 Å². The van der Waals surface area contributed by atoms with Gasteiger partial charge in [0.2, 0.25) is 5.79 Å². The Kier molecular flexibility index (Phi) is 3.07. The van der Waals surface area contributed by atoms with Crippen molar-refractivity contribution < 1.29 is 19.3 Å². The molecule has 1 unspecified atom stereocenters. The summed E-state index contributed by atoms with van der Waals surface area (Å²) in [6, 6.07) is 0. The van der Waals surface area contributed by atoms with E-state index < -0.39 is 5.79 Å². The molecule has 0 bridgehead atoms. The van der Waals surface area contributed by atoms with Crippen molar-refractivity contribution in [3.8, 4) is 0 Å². The third-order valence-corrected chi connectivity index (χ3v) is 2.66. The maximum absolute atomic E-state index is 8.74. The van der Waals surface area contributed by atoms with E-state index >= 15 is 0 Å².